The van der Waals surface area contributed by atoms with E-state index in [2.05, 4.69) is 0 Å². The molecule has 2 unspecified atom stereocenters. The molecule has 1 heterocycles. The molecule has 0 bridgehead atoms. The molecule has 0 aromatic heterocycles. The molecule has 2 atom stereocenters. The molecule has 108 valence electrons. The number of hydrogen-bond acceptors (Lipinski definition) is 4. The summed E-state index contributed by atoms with van der Waals surface area (Å²) < 4.78 is 26.5. The Bertz CT molecular complexity index is 654. The quantitative estimate of drug-likeness (QED) is 0.897. The monoisotopic (exact) mass is 313 g/mol. The van der Waals surface area contributed by atoms with Gasteiger partial charge in [0.25, 0.3) is 0 Å². The molecule has 1 aromatic rings. The zero-order valence-corrected chi connectivity index (χ0v) is 12.7. The van der Waals surface area contributed by atoms with E-state index >= 15 is 0 Å². The van der Waals surface area contributed by atoms with Crippen LogP contribution in [0.25, 0.3) is 0 Å². The van der Waals surface area contributed by atoms with Crippen molar-refractivity contribution in [3.8, 4) is 6.07 Å². The maximum Gasteiger partial charge on any atom is 0.243 e. The van der Waals surface area contributed by atoms with E-state index in [9.17, 15) is 8.42 Å². The Labute approximate surface area is 124 Å². The van der Waals surface area contributed by atoms with Crippen LogP contribution in [-0.2, 0) is 10.0 Å². The second-order valence-electron chi connectivity index (χ2n) is 5.05. The van der Waals surface area contributed by atoms with Crippen LogP contribution in [0.3, 0.4) is 0 Å². The van der Waals surface area contributed by atoms with Gasteiger partial charge < -0.3 is 5.73 Å². The highest BCUT2D eigenvalue weighted by atomic mass is 35.5. The van der Waals surface area contributed by atoms with Gasteiger partial charge in [0, 0.05) is 19.1 Å². The van der Waals surface area contributed by atoms with Gasteiger partial charge in [-0.15, -0.1) is 0 Å². The minimum atomic E-state index is -3.58. The molecular weight excluding hydrogens is 298 g/mol. The molecule has 0 spiro atoms. The second-order valence-corrected chi connectivity index (χ2v) is 7.39. The van der Waals surface area contributed by atoms with E-state index in [1.807, 2.05) is 13.0 Å². The average Bonchev–Trinajstić information content (AvgIpc) is 2.41. The van der Waals surface area contributed by atoms with Crippen molar-refractivity contribution in [1.82, 2.24) is 4.31 Å². The third kappa shape index (κ3) is 2.81. The number of rotatable bonds is 2. The molecular formula is C13H16ClN3O2S. The van der Waals surface area contributed by atoms with Gasteiger partial charge >= 0.3 is 0 Å². The summed E-state index contributed by atoms with van der Waals surface area (Å²) in [4.78, 5) is 0.115. The predicted molar refractivity (Wildman–Crippen MR) is 76.7 cm³/mol. The van der Waals surface area contributed by atoms with Crippen molar-refractivity contribution in [2.24, 2.45) is 11.7 Å². The van der Waals surface area contributed by atoms with Crippen molar-refractivity contribution >= 4 is 21.6 Å². The molecule has 0 amide bonds. The fraction of sp³-hybridized carbons (Fsp3) is 0.462. The highest BCUT2D eigenvalue weighted by molar-refractivity contribution is 7.89. The lowest BCUT2D eigenvalue weighted by Crippen LogP contribution is -2.48. The Balaban J connectivity index is 2.31. The van der Waals surface area contributed by atoms with Gasteiger partial charge in [-0.25, -0.2) is 8.42 Å². The number of benzene rings is 1. The molecule has 2 N–H and O–H groups in total. The van der Waals surface area contributed by atoms with Gasteiger partial charge in [0.15, 0.2) is 0 Å². The predicted octanol–water partition coefficient (Wildman–Crippen LogP) is 1.57. The lowest BCUT2D eigenvalue weighted by molar-refractivity contribution is 0.250. The Morgan fingerprint density at radius 3 is 2.75 bits per heavy atom. The average molecular weight is 314 g/mol. The van der Waals surface area contributed by atoms with Gasteiger partial charge in [-0.2, -0.15) is 9.57 Å². The fourth-order valence-electron chi connectivity index (χ4n) is 2.24. The number of nitrogens with two attached hydrogens (primary N) is 1. The summed E-state index contributed by atoms with van der Waals surface area (Å²) in [6, 6.07) is 6.11. The summed E-state index contributed by atoms with van der Waals surface area (Å²) in [5.74, 6) is 0.118. The number of piperidine rings is 1. The zero-order valence-electron chi connectivity index (χ0n) is 11.1. The standard InChI is InChI=1S/C13H16ClN3O2S/c1-9-8-17(5-4-13(9)16)20(18,19)11-3-2-10(7-15)12(14)6-11/h2-3,6,9,13H,4-5,8,16H2,1H3. The molecule has 7 heteroatoms. The van der Waals surface area contributed by atoms with E-state index in [1.165, 1.54) is 22.5 Å². The molecule has 0 radical (unpaired) electrons. The normalized spacial score (nSPS) is 24.3. The Kier molecular flexibility index (Phi) is 4.35. The summed E-state index contributed by atoms with van der Waals surface area (Å²) in [5.41, 5.74) is 6.17. The highest BCUT2D eigenvalue weighted by Crippen LogP contribution is 2.26. The van der Waals surface area contributed by atoms with E-state index in [0.717, 1.165) is 0 Å². The van der Waals surface area contributed by atoms with Crippen LogP contribution in [0.5, 0.6) is 0 Å². The SMILES string of the molecule is CC1CN(S(=O)(=O)c2ccc(C#N)c(Cl)c2)CCC1N. The molecule has 1 aromatic carbocycles. The molecule has 5 nitrogen and oxygen atoms in total. The van der Waals surface area contributed by atoms with Crippen LogP contribution >= 0.6 is 11.6 Å². The third-order valence-electron chi connectivity index (χ3n) is 3.63. The topological polar surface area (TPSA) is 87.2 Å². The first-order valence-electron chi connectivity index (χ1n) is 6.31. The number of nitrogens with zero attached hydrogens (tertiary/aromatic N) is 2. The van der Waals surface area contributed by atoms with Gasteiger partial charge in [0.2, 0.25) is 10.0 Å². The molecule has 0 aliphatic carbocycles. The smallest absolute Gasteiger partial charge is 0.243 e. The molecule has 0 saturated carbocycles. The van der Waals surface area contributed by atoms with Crippen LogP contribution in [0.15, 0.2) is 23.1 Å². The highest BCUT2D eigenvalue weighted by Gasteiger charge is 2.32. The van der Waals surface area contributed by atoms with E-state index in [4.69, 9.17) is 22.6 Å². The van der Waals surface area contributed by atoms with Crippen molar-refractivity contribution < 1.29 is 8.42 Å². The largest absolute Gasteiger partial charge is 0.327 e. The van der Waals surface area contributed by atoms with Crippen molar-refractivity contribution in [3.63, 3.8) is 0 Å². The Hall–Kier alpha value is -1.13. The van der Waals surface area contributed by atoms with Gasteiger partial charge in [-0.1, -0.05) is 18.5 Å². The third-order valence-corrected chi connectivity index (χ3v) is 5.81. The van der Waals surface area contributed by atoms with Crippen LogP contribution < -0.4 is 5.73 Å². The van der Waals surface area contributed by atoms with Crippen LogP contribution in [0.4, 0.5) is 0 Å². The van der Waals surface area contributed by atoms with Crippen LogP contribution in [0.1, 0.15) is 18.9 Å². The number of hydrogen-bond donors (Lipinski definition) is 1. The number of nitriles is 1. The minimum absolute atomic E-state index is 0.0333. The summed E-state index contributed by atoms with van der Waals surface area (Å²) >= 11 is 5.90. The summed E-state index contributed by atoms with van der Waals surface area (Å²) in [6.45, 7) is 2.75. The van der Waals surface area contributed by atoms with Gasteiger partial charge in [-0.3, -0.25) is 0 Å². The molecule has 1 saturated heterocycles. The van der Waals surface area contributed by atoms with Gasteiger partial charge in [0.1, 0.15) is 6.07 Å². The van der Waals surface area contributed by atoms with Crippen LogP contribution in [0.2, 0.25) is 5.02 Å². The van der Waals surface area contributed by atoms with E-state index < -0.39 is 10.0 Å². The molecule has 1 aliphatic rings. The Morgan fingerprint density at radius 2 is 2.20 bits per heavy atom. The second kappa shape index (κ2) is 5.70. The molecule has 2 rings (SSSR count). The van der Waals surface area contributed by atoms with E-state index in [-0.39, 0.29) is 27.4 Å². The van der Waals surface area contributed by atoms with Crippen molar-refractivity contribution in [3.05, 3.63) is 28.8 Å². The van der Waals surface area contributed by atoms with E-state index in [0.29, 0.717) is 19.5 Å². The van der Waals surface area contributed by atoms with Crippen molar-refractivity contribution in [2.45, 2.75) is 24.3 Å². The van der Waals surface area contributed by atoms with Crippen LogP contribution in [0, 0.1) is 17.2 Å². The van der Waals surface area contributed by atoms with Gasteiger partial charge in [-0.05, 0) is 30.5 Å². The summed E-state index contributed by atoms with van der Waals surface area (Å²) in [5, 5.41) is 8.96. The fourth-order valence-corrected chi connectivity index (χ4v) is 4.11. The maximum absolute atomic E-state index is 12.5. The first kappa shape index (κ1) is 15.3. The molecule has 1 aliphatic heterocycles. The van der Waals surface area contributed by atoms with Crippen LogP contribution in [-0.4, -0.2) is 31.9 Å². The number of halogens is 1. The van der Waals surface area contributed by atoms with Crippen molar-refractivity contribution in [2.75, 3.05) is 13.1 Å². The maximum atomic E-state index is 12.5. The lowest BCUT2D eigenvalue weighted by Gasteiger charge is -2.34. The summed E-state index contributed by atoms with van der Waals surface area (Å²) in [6.07, 6.45) is 0.643. The Morgan fingerprint density at radius 1 is 1.50 bits per heavy atom. The first-order chi connectivity index (χ1) is 9.36. The number of sulfonamides is 1. The minimum Gasteiger partial charge on any atom is -0.327 e. The van der Waals surface area contributed by atoms with E-state index in [1.54, 1.807) is 0 Å². The van der Waals surface area contributed by atoms with Crippen molar-refractivity contribution in [1.29, 1.82) is 5.26 Å². The zero-order chi connectivity index (χ0) is 14.9. The first-order valence-corrected chi connectivity index (χ1v) is 8.13. The lowest BCUT2D eigenvalue weighted by atomic mass is 9.96. The molecule has 1 fully saturated rings. The summed E-state index contributed by atoms with van der Waals surface area (Å²) in [7, 11) is -3.58. The van der Waals surface area contributed by atoms with Gasteiger partial charge in [0.05, 0.1) is 15.5 Å². The molecule has 20 heavy (non-hydrogen) atoms.